The molecule has 0 bridgehead atoms. The minimum Gasteiger partial charge on any atom is -0.478 e. The Morgan fingerprint density at radius 3 is 2.52 bits per heavy atom. The van der Waals surface area contributed by atoms with E-state index in [2.05, 4.69) is 10.6 Å². The molecule has 0 aliphatic heterocycles. The molecule has 5 nitrogen and oxygen atoms in total. The zero-order valence-corrected chi connectivity index (χ0v) is 12.4. The van der Waals surface area contributed by atoms with Crippen molar-refractivity contribution in [3.63, 3.8) is 0 Å². The number of hydrogen-bond acceptors (Lipinski definition) is 3. The minimum absolute atomic E-state index is 0.145. The van der Waals surface area contributed by atoms with Gasteiger partial charge in [-0.05, 0) is 18.7 Å². The van der Waals surface area contributed by atoms with Gasteiger partial charge < -0.3 is 15.7 Å². The van der Waals surface area contributed by atoms with Crippen molar-refractivity contribution in [1.29, 1.82) is 0 Å². The van der Waals surface area contributed by atoms with Crippen LogP contribution in [0.1, 0.15) is 24.2 Å². The zero-order valence-electron chi connectivity index (χ0n) is 11.6. The summed E-state index contributed by atoms with van der Waals surface area (Å²) in [5, 5.41) is 13.7. The number of rotatable bonds is 6. The summed E-state index contributed by atoms with van der Waals surface area (Å²) in [5.74, 6) is -2.39. The van der Waals surface area contributed by atoms with Gasteiger partial charge in [0.2, 0.25) is 0 Å². The van der Waals surface area contributed by atoms with Crippen LogP contribution in [0.5, 0.6) is 0 Å². The predicted molar refractivity (Wildman–Crippen MR) is 77.9 cm³/mol. The van der Waals surface area contributed by atoms with Crippen LogP contribution >= 0.6 is 11.8 Å². The van der Waals surface area contributed by atoms with E-state index < -0.39 is 29.2 Å². The van der Waals surface area contributed by atoms with Gasteiger partial charge in [0.1, 0.15) is 0 Å². The SMILES string of the molecule is CCSCC(C)NC(=O)Nc1cc(F)c(F)cc1C(=O)O. The Kier molecular flexibility index (Phi) is 6.41. The number of carbonyl (C=O) groups excluding carboxylic acids is 1. The molecule has 0 aromatic heterocycles. The Morgan fingerprint density at radius 1 is 1.33 bits per heavy atom. The highest BCUT2D eigenvalue weighted by Gasteiger charge is 2.17. The molecule has 1 aromatic rings. The van der Waals surface area contributed by atoms with Crippen LogP contribution in [0.2, 0.25) is 0 Å². The summed E-state index contributed by atoms with van der Waals surface area (Å²) in [6.45, 7) is 3.77. The Morgan fingerprint density at radius 2 is 1.95 bits per heavy atom. The van der Waals surface area contributed by atoms with E-state index in [0.717, 1.165) is 5.75 Å². The van der Waals surface area contributed by atoms with Crippen LogP contribution in [-0.2, 0) is 0 Å². The van der Waals surface area contributed by atoms with Crippen LogP contribution in [0.15, 0.2) is 12.1 Å². The number of thioether (sulfide) groups is 1. The first-order valence-corrected chi connectivity index (χ1v) is 7.38. The number of carboxylic acid groups (broad SMARTS) is 1. The number of nitrogens with one attached hydrogen (secondary N) is 2. The molecule has 0 saturated heterocycles. The first kappa shape index (κ1) is 17.2. The van der Waals surface area contributed by atoms with Gasteiger partial charge in [-0.15, -0.1) is 0 Å². The van der Waals surface area contributed by atoms with E-state index in [9.17, 15) is 18.4 Å². The van der Waals surface area contributed by atoms with Crippen molar-refractivity contribution in [2.75, 3.05) is 16.8 Å². The lowest BCUT2D eigenvalue weighted by molar-refractivity contribution is 0.0697. The van der Waals surface area contributed by atoms with Crippen molar-refractivity contribution < 1.29 is 23.5 Å². The summed E-state index contributed by atoms with van der Waals surface area (Å²) in [6, 6.07) is 0.356. The molecule has 0 aliphatic rings. The van der Waals surface area contributed by atoms with Crippen molar-refractivity contribution in [3.05, 3.63) is 29.3 Å². The summed E-state index contributed by atoms with van der Waals surface area (Å²) in [7, 11) is 0. The molecular weight excluding hydrogens is 302 g/mol. The number of carbonyl (C=O) groups is 2. The van der Waals surface area contributed by atoms with Gasteiger partial charge in [-0.3, -0.25) is 0 Å². The standard InChI is InChI=1S/C13H16F2N2O3S/c1-3-21-6-7(2)16-13(20)17-11-5-10(15)9(14)4-8(11)12(18)19/h4-5,7H,3,6H2,1-2H3,(H,18,19)(H2,16,17,20). The molecule has 0 fully saturated rings. The fourth-order valence-corrected chi connectivity index (χ4v) is 2.22. The smallest absolute Gasteiger partial charge is 0.337 e. The van der Waals surface area contributed by atoms with Gasteiger partial charge in [-0.25, -0.2) is 18.4 Å². The van der Waals surface area contributed by atoms with Crippen LogP contribution < -0.4 is 10.6 Å². The number of halogens is 2. The topological polar surface area (TPSA) is 78.4 Å². The third-order valence-corrected chi connectivity index (χ3v) is 3.63. The lowest BCUT2D eigenvalue weighted by Gasteiger charge is -2.15. The molecule has 2 amide bonds. The fraction of sp³-hybridized carbons (Fsp3) is 0.385. The molecule has 0 saturated carbocycles. The quantitative estimate of drug-likeness (QED) is 0.753. The molecule has 1 aromatic carbocycles. The maximum atomic E-state index is 13.2. The van der Waals surface area contributed by atoms with Crippen LogP contribution in [0.25, 0.3) is 0 Å². The van der Waals surface area contributed by atoms with Crippen molar-refractivity contribution in [1.82, 2.24) is 5.32 Å². The van der Waals surface area contributed by atoms with Gasteiger partial charge in [0.05, 0.1) is 11.3 Å². The zero-order chi connectivity index (χ0) is 16.0. The highest BCUT2D eigenvalue weighted by molar-refractivity contribution is 7.99. The molecule has 116 valence electrons. The van der Waals surface area contributed by atoms with Crippen molar-refractivity contribution >= 4 is 29.4 Å². The Bertz CT molecular complexity index is 540. The first-order valence-electron chi connectivity index (χ1n) is 6.22. The van der Waals surface area contributed by atoms with Crippen molar-refractivity contribution in [3.8, 4) is 0 Å². The molecule has 0 radical (unpaired) electrons. The number of amides is 2. The van der Waals surface area contributed by atoms with Crippen molar-refractivity contribution in [2.45, 2.75) is 19.9 Å². The molecule has 0 heterocycles. The number of aromatic carboxylic acids is 1. The fourth-order valence-electron chi connectivity index (χ4n) is 1.55. The highest BCUT2D eigenvalue weighted by Crippen LogP contribution is 2.20. The molecule has 1 unspecified atom stereocenters. The minimum atomic E-state index is -1.46. The average Bonchev–Trinajstić information content (AvgIpc) is 2.39. The van der Waals surface area contributed by atoms with E-state index in [1.165, 1.54) is 0 Å². The van der Waals surface area contributed by atoms with Gasteiger partial charge in [0.15, 0.2) is 11.6 Å². The van der Waals surface area contributed by atoms with E-state index in [1.54, 1.807) is 18.7 Å². The second-order valence-electron chi connectivity index (χ2n) is 4.28. The Balaban J connectivity index is 2.80. The van der Waals surface area contributed by atoms with E-state index in [4.69, 9.17) is 5.11 Å². The Hall–Kier alpha value is -1.83. The summed E-state index contributed by atoms with van der Waals surface area (Å²) in [5.41, 5.74) is -0.811. The highest BCUT2D eigenvalue weighted by atomic mass is 32.2. The van der Waals surface area contributed by atoms with Crippen LogP contribution in [0.4, 0.5) is 19.3 Å². The number of hydrogen-bond donors (Lipinski definition) is 3. The predicted octanol–water partition coefficient (Wildman–Crippen LogP) is 2.93. The van der Waals surface area contributed by atoms with E-state index in [1.807, 2.05) is 6.92 Å². The molecular formula is C13H16F2N2O3S. The largest absolute Gasteiger partial charge is 0.478 e. The maximum Gasteiger partial charge on any atom is 0.337 e. The van der Waals surface area contributed by atoms with Crippen LogP contribution in [0.3, 0.4) is 0 Å². The maximum absolute atomic E-state index is 13.2. The molecule has 3 N–H and O–H groups in total. The molecule has 8 heteroatoms. The molecule has 0 aliphatic carbocycles. The number of benzene rings is 1. The van der Waals surface area contributed by atoms with Crippen LogP contribution in [-0.4, -0.2) is 34.7 Å². The van der Waals surface area contributed by atoms with Crippen LogP contribution in [0, 0.1) is 11.6 Å². The second-order valence-corrected chi connectivity index (χ2v) is 5.59. The average molecular weight is 318 g/mol. The molecule has 1 atom stereocenters. The van der Waals surface area contributed by atoms with Gasteiger partial charge in [-0.1, -0.05) is 6.92 Å². The molecule has 0 spiro atoms. The lowest BCUT2D eigenvalue weighted by atomic mass is 10.1. The summed E-state index contributed by atoms with van der Waals surface area (Å²) < 4.78 is 26.2. The molecule has 1 rings (SSSR count). The van der Waals surface area contributed by atoms with E-state index in [0.29, 0.717) is 17.9 Å². The molecule has 21 heavy (non-hydrogen) atoms. The second kappa shape index (κ2) is 7.82. The third kappa shape index (κ3) is 5.22. The van der Waals surface area contributed by atoms with Gasteiger partial charge in [0, 0.05) is 17.9 Å². The Labute approximate surface area is 125 Å². The first-order chi connectivity index (χ1) is 9.85. The summed E-state index contributed by atoms with van der Waals surface area (Å²) >= 11 is 1.63. The number of carboxylic acids is 1. The summed E-state index contributed by atoms with van der Waals surface area (Å²) in [4.78, 5) is 22.7. The van der Waals surface area contributed by atoms with E-state index >= 15 is 0 Å². The monoisotopic (exact) mass is 318 g/mol. The normalized spacial score (nSPS) is 11.8. The summed E-state index contributed by atoms with van der Waals surface area (Å²) in [6.07, 6.45) is 0. The third-order valence-electron chi connectivity index (χ3n) is 2.49. The number of urea groups is 1. The van der Waals surface area contributed by atoms with Gasteiger partial charge >= 0.3 is 12.0 Å². The van der Waals surface area contributed by atoms with Gasteiger partial charge in [-0.2, -0.15) is 11.8 Å². The number of anilines is 1. The van der Waals surface area contributed by atoms with Gasteiger partial charge in [0.25, 0.3) is 0 Å². The van der Waals surface area contributed by atoms with Crippen molar-refractivity contribution in [2.24, 2.45) is 0 Å². The van der Waals surface area contributed by atoms with E-state index in [-0.39, 0.29) is 11.7 Å². The lowest BCUT2D eigenvalue weighted by Crippen LogP contribution is -2.37.